The molecule has 1 N–H and O–H groups in total. The Bertz CT molecular complexity index is 845. The topological polar surface area (TPSA) is 64.1 Å². The predicted molar refractivity (Wildman–Crippen MR) is 103 cm³/mol. The van der Waals surface area contributed by atoms with Gasteiger partial charge in [-0.2, -0.15) is 0 Å². The Kier molecular flexibility index (Phi) is 5.96. The number of carbonyl (C=O) groups excluding carboxylic acids is 1. The largest absolute Gasteiger partial charge is 0.491 e. The Morgan fingerprint density at radius 3 is 2.73 bits per heavy atom. The number of carbonyl (C=O) groups is 1. The standard InChI is InChI=1S/C20H21N3O2S/c1-14(2)25-18-7-5-15(6-8-18)11-22-19(24)10-17-13-26-20(23-17)16-4-3-9-21-12-16/h3-9,12-14H,10-11H2,1-2H3,(H,22,24). The van der Waals surface area contributed by atoms with Gasteiger partial charge in [0, 0.05) is 29.9 Å². The van der Waals surface area contributed by atoms with Crippen molar-refractivity contribution >= 4 is 17.2 Å². The zero-order chi connectivity index (χ0) is 18.4. The van der Waals surface area contributed by atoms with Crippen molar-refractivity contribution in [1.82, 2.24) is 15.3 Å². The van der Waals surface area contributed by atoms with Gasteiger partial charge in [0.1, 0.15) is 10.8 Å². The molecule has 1 amide bonds. The highest BCUT2D eigenvalue weighted by Gasteiger charge is 2.09. The smallest absolute Gasteiger partial charge is 0.226 e. The van der Waals surface area contributed by atoms with Gasteiger partial charge in [0.25, 0.3) is 0 Å². The first-order valence-electron chi connectivity index (χ1n) is 8.47. The molecule has 0 radical (unpaired) electrons. The number of nitrogens with one attached hydrogen (secondary N) is 1. The monoisotopic (exact) mass is 367 g/mol. The summed E-state index contributed by atoms with van der Waals surface area (Å²) in [6, 6.07) is 11.6. The average Bonchev–Trinajstić information content (AvgIpc) is 3.10. The quantitative estimate of drug-likeness (QED) is 0.689. The van der Waals surface area contributed by atoms with Crippen LogP contribution in [0.25, 0.3) is 10.6 Å². The third-order valence-corrected chi connectivity index (χ3v) is 4.53. The SMILES string of the molecule is CC(C)Oc1ccc(CNC(=O)Cc2csc(-c3cccnc3)n2)cc1. The van der Waals surface area contributed by atoms with E-state index >= 15 is 0 Å². The first-order valence-corrected chi connectivity index (χ1v) is 9.35. The molecule has 26 heavy (non-hydrogen) atoms. The molecule has 0 bridgehead atoms. The molecule has 0 aliphatic rings. The van der Waals surface area contributed by atoms with E-state index in [-0.39, 0.29) is 18.4 Å². The summed E-state index contributed by atoms with van der Waals surface area (Å²) in [4.78, 5) is 20.8. The zero-order valence-electron chi connectivity index (χ0n) is 14.8. The Hall–Kier alpha value is -2.73. The van der Waals surface area contributed by atoms with Crippen molar-refractivity contribution in [2.45, 2.75) is 32.9 Å². The summed E-state index contributed by atoms with van der Waals surface area (Å²) in [5.41, 5.74) is 2.77. The lowest BCUT2D eigenvalue weighted by atomic mass is 10.2. The van der Waals surface area contributed by atoms with Crippen molar-refractivity contribution in [2.24, 2.45) is 0 Å². The molecule has 2 aromatic heterocycles. The summed E-state index contributed by atoms with van der Waals surface area (Å²) in [5.74, 6) is 0.788. The maximum Gasteiger partial charge on any atom is 0.226 e. The van der Waals surface area contributed by atoms with Gasteiger partial charge < -0.3 is 10.1 Å². The Morgan fingerprint density at radius 1 is 1.23 bits per heavy atom. The molecule has 0 saturated heterocycles. The number of nitrogens with zero attached hydrogens (tertiary/aromatic N) is 2. The number of hydrogen-bond acceptors (Lipinski definition) is 5. The van der Waals surface area contributed by atoms with Gasteiger partial charge in [0.05, 0.1) is 18.2 Å². The molecule has 2 heterocycles. The molecule has 134 valence electrons. The molecular weight excluding hydrogens is 346 g/mol. The predicted octanol–water partition coefficient (Wildman–Crippen LogP) is 3.85. The maximum absolute atomic E-state index is 12.2. The van der Waals surface area contributed by atoms with Gasteiger partial charge in [0.2, 0.25) is 5.91 Å². The summed E-state index contributed by atoms with van der Waals surface area (Å²) < 4.78 is 5.61. The normalized spacial score (nSPS) is 10.7. The Morgan fingerprint density at radius 2 is 2.04 bits per heavy atom. The molecule has 0 spiro atoms. The molecular formula is C20H21N3O2S. The van der Waals surface area contributed by atoms with Gasteiger partial charge >= 0.3 is 0 Å². The molecule has 3 rings (SSSR count). The lowest BCUT2D eigenvalue weighted by molar-refractivity contribution is -0.120. The first kappa shape index (κ1) is 18.1. The maximum atomic E-state index is 12.2. The van der Waals surface area contributed by atoms with Crippen LogP contribution in [0.15, 0.2) is 54.2 Å². The van der Waals surface area contributed by atoms with Crippen molar-refractivity contribution in [3.05, 3.63) is 65.4 Å². The van der Waals surface area contributed by atoms with Crippen molar-refractivity contribution < 1.29 is 9.53 Å². The van der Waals surface area contributed by atoms with Crippen LogP contribution in [0.1, 0.15) is 25.1 Å². The van der Waals surface area contributed by atoms with Crippen LogP contribution in [0, 0.1) is 0 Å². The fraction of sp³-hybridized carbons (Fsp3) is 0.250. The highest BCUT2D eigenvalue weighted by atomic mass is 32.1. The third-order valence-electron chi connectivity index (χ3n) is 3.59. The van der Waals surface area contributed by atoms with Crippen molar-refractivity contribution in [3.63, 3.8) is 0 Å². The average molecular weight is 367 g/mol. The number of amides is 1. The first-order chi connectivity index (χ1) is 12.6. The molecule has 0 atom stereocenters. The summed E-state index contributed by atoms with van der Waals surface area (Å²) in [6.45, 7) is 4.47. The van der Waals surface area contributed by atoms with Gasteiger partial charge in [0.15, 0.2) is 0 Å². The number of benzene rings is 1. The van der Waals surface area contributed by atoms with Crippen LogP contribution in [-0.2, 0) is 17.8 Å². The molecule has 0 aliphatic carbocycles. The highest BCUT2D eigenvalue weighted by molar-refractivity contribution is 7.13. The van der Waals surface area contributed by atoms with E-state index in [1.807, 2.05) is 55.6 Å². The number of aromatic nitrogens is 2. The molecule has 0 fully saturated rings. The lowest BCUT2D eigenvalue weighted by Gasteiger charge is -2.10. The van der Waals surface area contributed by atoms with E-state index in [0.29, 0.717) is 6.54 Å². The number of ether oxygens (including phenoxy) is 1. The second-order valence-electron chi connectivity index (χ2n) is 6.15. The minimum absolute atomic E-state index is 0.0458. The summed E-state index contributed by atoms with van der Waals surface area (Å²) in [6.07, 6.45) is 3.92. The summed E-state index contributed by atoms with van der Waals surface area (Å²) in [5, 5.41) is 5.72. The molecule has 6 heteroatoms. The van der Waals surface area contributed by atoms with Gasteiger partial charge in [-0.1, -0.05) is 12.1 Å². The number of rotatable bonds is 7. The zero-order valence-corrected chi connectivity index (χ0v) is 15.6. The minimum Gasteiger partial charge on any atom is -0.491 e. The van der Waals surface area contributed by atoms with Crippen LogP contribution < -0.4 is 10.1 Å². The molecule has 1 aromatic carbocycles. The number of pyridine rings is 1. The van der Waals surface area contributed by atoms with Gasteiger partial charge in [-0.15, -0.1) is 11.3 Å². The summed E-state index contributed by atoms with van der Waals surface area (Å²) in [7, 11) is 0. The van der Waals surface area contributed by atoms with Crippen LogP contribution in [0.2, 0.25) is 0 Å². The van der Waals surface area contributed by atoms with Gasteiger partial charge in [-0.05, 0) is 43.7 Å². The van der Waals surface area contributed by atoms with Crippen molar-refractivity contribution in [1.29, 1.82) is 0 Å². The van der Waals surface area contributed by atoms with Gasteiger partial charge in [-0.3, -0.25) is 9.78 Å². The van der Waals surface area contributed by atoms with E-state index in [1.54, 1.807) is 12.4 Å². The van der Waals surface area contributed by atoms with E-state index in [1.165, 1.54) is 11.3 Å². The minimum atomic E-state index is -0.0458. The highest BCUT2D eigenvalue weighted by Crippen LogP contribution is 2.22. The van der Waals surface area contributed by atoms with Crippen LogP contribution >= 0.6 is 11.3 Å². The molecule has 0 aliphatic heterocycles. The molecule has 0 unspecified atom stereocenters. The third kappa shape index (κ3) is 5.13. The molecule has 3 aromatic rings. The fourth-order valence-electron chi connectivity index (χ4n) is 2.40. The van der Waals surface area contributed by atoms with Crippen LogP contribution in [0.5, 0.6) is 5.75 Å². The number of hydrogen-bond donors (Lipinski definition) is 1. The van der Waals surface area contributed by atoms with Crippen LogP contribution in [0.4, 0.5) is 0 Å². The summed E-state index contributed by atoms with van der Waals surface area (Å²) >= 11 is 1.52. The van der Waals surface area contributed by atoms with Crippen LogP contribution in [0.3, 0.4) is 0 Å². The number of thiazole rings is 1. The van der Waals surface area contributed by atoms with E-state index < -0.39 is 0 Å². The van der Waals surface area contributed by atoms with Crippen molar-refractivity contribution in [2.75, 3.05) is 0 Å². The second-order valence-corrected chi connectivity index (χ2v) is 7.01. The Labute approximate surface area is 157 Å². The fourth-order valence-corrected chi connectivity index (χ4v) is 3.21. The van der Waals surface area contributed by atoms with E-state index in [2.05, 4.69) is 15.3 Å². The van der Waals surface area contributed by atoms with Gasteiger partial charge in [-0.25, -0.2) is 4.98 Å². The van der Waals surface area contributed by atoms with E-state index in [9.17, 15) is 4.79 Å². The lowest BCUT2D eigenvalue weighted by Crippen LogP contribution is -2.24. The second kappa shape index (κ2) is 8.58. The van der Waals surface area contributed by atoms with E-state index in [4.69, 9.17) is 4.74 Å². The van der Waals surface area contributed by atoms with Crippen molar-refractivity contribution in [3.8, 4) is 16.3 Å². The Balaban J connectivity index is 1.51. The molecule has 0 saturated carbocycles. The molecule has 5 nitrogen and oxygen atoms in total. The van der Waals surface area contributed by atoms with Crippen LogP contribution in [-0.4, -0.2) is 22.0 Å². The van der Waals surface area contributed by atoms with E-state index in [0.717, 1.165) is 27.6 Å².